The third-order valence-corrected chi connectivity index (χ3v) is 12.8. The van der Waals surface area contributed by atoms with E-state index in [9.17, 15) is 51.9 Å². The normalized spacial score (nSPS) is 19.1. The Labute approximate surface area is 314 Å². The van der Waals surface area contributed by atoms with Gasteiger partial charge >= 0.3 is 0 Å². The Bertz CT molecular complexity index is 3450. The summed E-state index contributed by atoms with van der Waals surface area (Å²) in [4.78, 5) is 22.7. The van der Waals surface area contributed by atoms with E-state index in [1.165, 1.54) is 36.4 Å². The second kappa shape index (κ2) is 11.8. The van der Waals surface area contributed by atoms with Gasteiger partial charge in [0.25, 0.3) is 40.5 Å². The summed E-state index contributed by atoms with van der Waals surface area (Å²) < 4.78 is 139. The molecule has 6 aromatic rings. The van der Waals surface area contributed by atoms with E-state index in [-0.39, 0.29) is 72.7 Å². The zero-order chi connectivity index (χ0) is 39.7. The second-order valence-electron chi connectivity index (χ2n) is 12.7. The topological polar surface area (TPSA) is 323 Å². The maximum Gasteiger partial charge on any atom is 0.294 e. The van der Waals surface area contributed by atoms with Crippen LogP contribution in [0.4, 0.5) is 11.6 Å². The molecule has 3 aliphatic rings. The van der Waals surface area contributed by atoms with Gasteiger partial charge in [0.05, 0.1) is 14.7 Å². The molecule has 56 heavy (non-hydrogen) atoms. The van der Waals surface area contributed by atoms with Crippen LogP contribution >= 0.6 is 0 Å². The molecule has 286 valence electrons. The first-order valence-corrected chi connectivity index (χ1v) is 21.6. The predicted molar refractivity (Wildman–Crippen MR) is 197 cm³/mol. The summed E-state index contributed by atoms with van der Waals surface area (Å²) in [7, 11) is -19.1. The number of rotatable bonds is 4. The lowest BCUT2D eigenvalue weighted by atomic mass is 10.1. The first-order chi connectivity index (χ1) is 26.2. The molecule has 2 unspecified atom stereocenters. The standard InChI is InChI=1S/C32H22N8O12S4/c41-53(42,43)13-4-7-16-20(10-13)29-34-25(16)33-28-19-2-1-3-23(56(50,51)52)24(19)32(40-28)39-27-18-9-6-15(55(47,48)49)12-22(18)31(37-27)38-30-21-11-14(54(44,45)46)5-8-17(21)26(35-29)36-30/h1-12,30,32,34H,(H,33,40)(H,35,36)(H,37,38,39)(H,41,42,43)(H,44,45,46)(H,47,48,49)(H,50,51,52). The molecule has 8 bridgehead atoms. The van der Waals surface area contributed by atoms with E-state index in [0.717, 1.165) is 36.4 Å². The highest BCUT2D eigenvalue weighted by Crippen LogP contribution is 2.40. The van der Waals surface area contributed by atoms with Crippen molar-refractivity contribution >= 4 is 85.3 Å². The summed E-state index contributed by atoms with van der Waals surface area (Å²) in [6.07, 6.45) is -2.69. The number of aliphatic imine (C=N–C) groups is 2. The van der Waals surface area contributed by atoms with Crippen LogP contribution in [0.5, 0.6) is 0 Å². The highest BCUT2D eigenvalue weighted by molar-refractivity contribution is 7.86. The lowest BCUT2D eigenvalue weighted by molar-refractivity contribution is 0.479. The van der Waals surface area contributed by atoms with E-state index >= 15 is 0 Å². The minimum absolute atomic E-state index is 0.00332. The van der Waals surface area contributed by atoms with Gasteiger partial charge in [0, 0.05) is 43.8 Å². The number of amidine groups is 2. The molecular formula is C32H22N8O12S4. The number of nitrogens with one attached hydrogen (secondary N) is 4. The maximum atomic E-state index is 12.7. The quantitative estimate of drug-likeness (QED) is 0.118. The van der Waals surface area contributed by atoms with Gasteiger partial charge in [0.2, 0.25) is 0 Å². The largest absolute Gasteiger partial charge is 0.327 e. The van der Waals surface area contributed by atoms with Crippen molar-refractivity contribution in [2.75, 3.05) is 10.6 Å². The van der Waals surface area contributed by atoms with Crippen molar-refractivity contribution in [1.29, 1.82) is 0 Å². The molecule has 0 saturated heterocycles. The Kier molecular flexibility index (Phi) is 7.56. The van der Waals surface area contributed by atoms with E-state index in [4.69, 9.17) is 4.99 Å². The van der Waals surface area contributed by atoms with Gasteiger partial charge in [0.1, 0.15) is 39.2 Å². The van der Waals surface area contributed by atoms with Crippen molar-refractivity contribution in [3.05, 3.63) is 106 Å². The summed E-state index contributed by atoms with van der Waals surface area (Å²) in [5.74, 6) is 0.402. The van der Waals surface area contributed by atoms with Crippen molar-refractivity contribution in [2.45, 2.75) is 31.9 Å². The number of aromatic amines is 2. The molecule has 0 saturated carbocycles. The molecule has 24 heteroatoms. The fourth-order valence-electron chi connectivity index (χ4n) is 6.86. The molecule has 5 heterocycles. The van der Waals surface area contributed by atoms with Crippen molar-refractivity contribution in [1.82, 2.24) is 9.97 Å². The van der Waals surface area contributed by atoms with Crippen LogP contribution in [-0.4, -0.2) is 73.5 Å². The molecule has 0 fully saturated rings. The summed E-state index contributed by atoms with van der Waals surface area (Å²) >= 11 is 0. The van der Waals surface area contributed by atoms with Gasteiger partial charge in [-0.3, -0.25) is 18.2 Å². The second-order valence-corrected chi connectivity index (χ2v) is 18.3. The van der Waals surface area contributed by atoms with E-state index in [0.29, 0.717) is 5.39 Å². The number of hydrogen-bond donors (Lipinski definition) is 8. The Hall–Kier alpha value is -5.86. The van der Waals surface area contributed by atoms with Gasteiger partial charge in [-0.25, -0.2) is 20.0 Å². The van der Waals surface area contributed by atoms with E-state index in [1.54, 1.807) is 0 Å². The smallest absolute Gasteiger partial charge is 0.294 e. The van der Waals surface area contributed by atoms with E-state index < -0.39 is 72.4 Å². The molecule has 3 aliphatic heterocycles. The molecule has 9 rings (SSSR count). The van der Waals surface area contributed by atoms with Crippen LogP contribution in [-0.2, 0) is 40.5 Å². The number of nitrogens with zero attached hydrogens (tertiary/aromatic N) is 4. The van der Waals surface area contributed by atoms with Crippen molar-refractivity contribution < 1.29 is 51.9 Å². The number of H-pyrrole nitrogens is 2. The molecule has 8 N–H and O–H groups in total. The van der Waals surface area contributed by atoms with Crippen LogP contribution in [0.3, 0.4) is 0 Å². The zero-order valence-electron chi connectivity index (χ0n) is 27.6. The van der Waals surface area contributed by atoms with Gasteiger partial charge in [-0.1, -0.05) is 12.1 Å². The van der Waals surface area contributed by atoms with Gasteiger partial charge in [-0.2, -0.15) is 33.7 Å². The Morgan fingerprint density at radius 1 is 0.482 bits per heavy atom. The predicted octanol–water partition coefficient (Wildman–Crippen LogP) is 2.33. The molecule has 2 aromatic heterocycles. The molecule has 0 amide bonds. The number of fused-ring (bicyclic) bond motifs is 18. The maximum absolute atomic E-state index is 12.7. The van der Waals surface area contributed by atoms with Crippen molar-refractivity contribution in [3.63, 3.8) is 0 Å². The Morgan fingerprint density at radius 3 is 1.68 bits per heavy atom. The van der Waals surface area contributed by atoms with Gasteiger partial charge in [-0.15, -0.1) is 0 Å². The molecule has 0 spiro atoms. The SMILES string of the molecule is O=S(=O)(O)c1ccc2c(c1)C1N=C2Nc2[nH]c(c3ccc(S(=O)(=O)O)cc23)NC2=NC(/N=c3\[nH]/c(c4cc(S(=O)(=O)O)ccc34)=N\1)c1c2cccc1S(=O)(=O)O. The minimum atomic E-state index is -4.87. The fourth-order valence-corrected chi connectivity index (χ4v) is 9.14. The van der Waals surface area contributed by atoms with Crippen molar-refractivity contribution in [3.8, 4) is 0 Å². The average Bonchev–Trinajstić information content (AvgIpc) is 3.84. The third-order valence-electron chi connectivity index (χ3n) is 9.32. The van der Waals surface area contributed by atoms with Gasteiger partial charge in [-0.05, 0) is 60.7 Å². The monoisotopic (exact) mass is 838 g/mol. The highest BCUT2D eigenvalue weighted by Gasteiger charge is 2.34. The Balaban J connectivity index is 1.39. The highest BCUT2D eigenvalue weighted by atomic mass is 32.2. The number of aromatic nitrogens is 2. The summed E-state index contributed by atoms with van der Waals surface area (Å²) in [5, 5.41) is 7.02. The van der Waals surface area contributed by atoms with Crippen LogP contribution in [0.2, 0.25) is 0 Å². The molecule has 20 nitrogen and oxygen atoms in total. The fraction of sp³-hybridized carbons (Fsp3) is 0.0625. The van der Waals surface area contributed by atoms with Crippen LogP contribution in [0.15, 0.2) is 112 Å². The lowest BCUT2D eigenvalue weighted by Crippen LogP contribution is -2.14. The molecule has 0 aliphatic carbocycles. The third kappa shape index (κ3) is 5.86. The number of hydrogen-bond acceptors (Lipinski definition) is 14. The van der Waals surface area contributed by atoms with Gasteiger partial charge < -0.3 is 20.6 Å². The van der Waals surface area contributed by atoms with Crippen LogP contribution < -0.4 is 21.6 Å². The molecule has 0 radical (unpaired) electrons. The van der Waals surface area contributed by atoms with Crippen LogP contribution in [0.25, 0.3) is 21.5 Å². The molecular weight excluding hydrogens is 817 g/mol. The average molecular weight is 839 g/mol. The Morgan fingerprint density at radius 2 is 1.02 bits per heavy atom. The first-order valence-electron chi connectivity index (χ1n) is 15.8. The zero-order valence-corrected chi connectivity index (χ0v) is 30.8. The van der Waals surface area contributed by atoms with Gasteiger partial charge in [0.15, 0.2) is 12.3 Å². The summed E-state index contributed by atoms with van der Waals surface area (Å²) in [5.41, 5.74) is 0.500. The van der Waals surface area contributed by atoms with Crippen LogP contribution in [0, 0.1) is 0 Å². The molecule has 2 atom stereocenters. The lowest BCUT2D eigenvalue weighted by Gasteiger charge is -2.10. The number of anilines is 2. The van der Waals surface area contributed by atoms with E-state index in [2.05, 4.69) is 35.6 Å². The van der Waals surface area contributed by atoms with E-state index in [1.807, 2.05) is 0 Å². The number of benzene rings is 4. The summed E-state index contributed by atoms with van der Waals surface area (Å²) in [6.45, 7) is 0. The molecule has 4 aromatic carbocycles. The first kappa shape index (κ1) is 35.8. The minimum Gasteiger partial charge on any atom is -0.327 e. The summed E-state index contributed by atoms with van der Waals surface area (Å²) in [6, 6.07) is 14.9. The van der Waals surface area contributed by atoms with Crippen LogP contribution in [0.1, 0.15) is 34.6 Å². The van der Waals surface area contributed by atoms with Crippen molar-refractivity contribution in [2.24, 2.45) is 20.0 Å².